The third-order valence-corrected chi connectivity index (χ3v) is 13.6. The van der Waals surface area contributed by atoms with Gasteiger partial charge in [-0.05, 0) is 89.0 Å². The summed E-state index contributed by atoms with van der Waals surface area (Å²) in [7, 11) is 0.955. The van der Waals surface area contributed by atoms with E-state index in [1.54, 1.807) is 13.8 Å². The highest BCUT2D eigenvalue weighted by Crippen LogP contribution is 2.61. The summed E-state index contributed by atoms with van der Waals surface area (Å²) in [6.07, 6.45) is -4.17. The number of fused-ring (bicyclic) bond motifs is 3. The van der Waals surface area contributed by atoms with E-state index in [2.05, 4.69) is 11.9 Å². The van der Waals surface area contributed by atoms with E-state index >= 15 is 13.2 Å². The lowest BCUT2D eigenvalue weighted by molar-refractivity contribution is -0.557. The monoisotopic (exact) mass is 813 g/mol. The molecule has 1 spiro atoms. The number of allylic oxidation sites excluding steroid dienone is 1. The summed E-state index contributed by atoms with van der Waals surface area (Å²) >= 11 is 0. The molecule has 11 nitrogen and oxygen atoms in total. The largest absolute Gasteiger partial charge is 0.477 e. The number of alkyl halides is 6. The number of halogens is 6. The molecule has 2 saturated carbocycles. The van der Waals surface area contributed by atoms with Gasteiger partial charge in [0, 0.05) is 50.2 Å². The zero-order valence-electron chi connectivity index (χ0n) is 33.4. The van der Waals surface area contributed by atoms with Gasteiger partial charge >= 0.3 is 12.4 Å². The van der Waals surface area contributed by atoms with Gasteiger partial charge in [0.25, 0.3) is 5.72 Å². The Morgan fingerprint density at radius 1 is 0.893 bits per heavy atom. The molecule has 0 aromatic heterocycles. The number of ether oxygens (including phenoxy) is 5. The Hall–Kier alpha value is -1.99. The van der Waals surface area contributed by atoms with E-state index in [-0.39, 0.29) is 54.8 Å². The Balaban J connectivity index is 1.12. The maximum atomic E-state index is 15.1. The van der Waals surface area contributed by atoms with E-state index in [0.29, 0.717) is 44.9 Å². The van der Waals surface area contributed by atoms with Crippen molar-refractivity contribution in [2.45, 2.75) is 147 Å². The molecular weight excluding hydrogens is 756 g/mol. The van der Waals surface area contributed by atoms with Crippen LogP contribution in [-0.4, -0.2) is 85.1 Å². The summed E-state index contributed by atoms with van der Waals surface area (Å²) < 4.78 is 117. The SMILES string of the molecule is CO[C@](N=C(C)OC/C=C/COCC1=C(C(F)(F)F)O[C@@H]2O[C@]3(C)CC[C@H]4[C@H](C)CC[C@@H]1[C@@]24OO3)([C@H](C)[C@@H]1CC[C@@H](C)[C@@H]2CCC(C)(O)OO[C@]21C)C(F)(F)F. The van der Waals surface area contributed by atoms with Crippen LogP contribution in [0.25, 0.3) is 0 Å². The van der Waals surface area contributed by atoms with Gasteiger partial charge in [-0.2, -0.15) is 26.3 Å². The minimum atomic E-state index is -4.96. The quantitative estimate of drug-likeness (QED) is 0.0576. The lowest BCUT2D eigenvalue weighted by atomic mass is 9.58. The van der Waals surface area contributed by atoms with Gasteiger partial charge in [-0.1, -0.05) is 26.8 Å². The number of nitrogens with zero attached hydrogens (tertiary/aromatic N) is 1. The van der Waals surface area contributed by atoms with Gasteiger partial charge < -0.3 is 28.8 Å². The molecule has 320 valence electrons. The van der Waals surface area contributed by atoms with E-state index in [1.165, 1.54) is 32.9 Å². The van der Waals surface area contributed by atoms with Crippen molar-refractivity contribution in [1.29, 1.82) is 0 Å². The van der Waals surface area contributed by atoms with Crippen molar-refractivity contribution in [3.05, 3.63) is 23.5 Å². The van der Waals surface area contributed by atoms with Crippen molar-refractivity contribution >= 4 is 5.90 Å². The molecule has 2 aliphatic carbocycles. The summed E-state index contributed by atoms with van der Waals surface area (Å²) in [4.78, 5) is 26.9. The third kappa shape index (κ3) is 7.77. The second-order valence-electron chi connectivity index (χ2n) is 17.3. The topological polar surface area (TPSA) is 116 Å². The van der Waals surface area contributed by atoms with Crippen LogP contribution in [0.4, 0.5) is 26.3 Å². The number of aliphatic imine (C=N–C) groups is 1. The van der Waals surface area contributed by atoms with Crippen LogP contribution >= 0.6 is 0 Å². The second kappa shape index (κ2) is 15.6. The van der Waals surface area contributed by atoms with Crippen LogP contribution in [0.5, 0.6) is 0 Å². The fourth-order valence-electron chi connectivity index (χ4n) is 10.6. The van der Waals surface area contributed by atoms with Crippen molar-refractivity contribution in [3.63, 3.8) is 0 Å². The van der Waals surface area contributed by atoms with Gasteiger partial charge in [-0.3, -0.25) is 0 Å². The fraction of sp³-hybridized carbons (Fsp3) is 0.872. The zero-order chi connectivity index (χ0) is 41.1. The summed E-state index contributed by atoms with van der Waals surface area (Å²) in [6, 6.07) is 0. The number of hydrogen-bond donors (Lipinski definition) is 1. The molecule has 0 amide bonds. The summed E-state index contributed by atoms with van der Waals surface area (Å²) in [5, 5.41) is 10.6. The lowest BCUT2D eigenvalue weighted by Crippen LogP contribution is -2.67. The molecule has 4 saturated heterocycles. The standard InChI is InChI=1S/C39H57F6NO10/c1-22-11-13-29(35(7)27(22)15-17-33(5,47)53-55-35)24(3)37(48-8,39(43,44)45)46-25(4)50-20-10-9-19-49-21-26-30-14-12-23(2)28-16-18-34(6)52-32(36(28,30)56-54-34)51-31(26)38(40,41)42/h9-10,22-24,27-30,32,47H,11-21H2,1-8H3/b10-9+,46-25?/t22-,23-,24-,27+,28+,29+,30+,32-,33?,34+,35-,36-,37-/m1/s1. The first-order valence-electron chi connectivity index (χ1n) is 19.7. The average Bonchev–Trinajstić information content (AvgIpc) is 3.41. The molecule has 0 aromatic rings. The van der Waals surface area contributed by atoms with Crippen molar-refractivity contribution in [2.24, 2.45) is 46.4 Å². The van der Waals surface area contributed by atoms with E-state index in [9.17, 15) is 18.3 Å². The maximum Gasteiger partial charge on any atom is 0.449 e. The van der Waals surface area contributed by atoms with Gasteiger partial charge in [-0.15, -0.1) is 0 Å². The first-order valence-corrected chi connectivity index (χ1v) is 19.7. The molecule has 0 aromatic carbocycles. The molecule has 17 heteroatoms. The molecule has 1 unspecified atom stereocenters. The van der Waals surface area contributed by atoms with Gasteiger partial charge in [0.1, 0.15) is 12.2 Å². The summed E-state index contributed by atoms with van der Waals surface area (Å²) in [5.74, 6) is -7.08. The molecule has 7 aliphatic rings. The lowest BCUT2D eigenvalue weighted by Gasteiger charge is -2.57. The van der Waals surface area contributed by atoms with Gasteiger partial charge in [0.2, 0.25) is 17.8 Å². The molecular formula is C39H57F6NO10. The van der Waals surface area contributed by atoms with Crippen LogP contribution in [0.1, 0.15) is 99.8 Å². The molecule has 5 aliphatic heterocycles. The van der Waals surface area contributed by atoms with Crippen LogP contribution in [0.2, 0.25) is 0 Å². The Morgan fingerprint density at radius 2 is 1.55 bits per heavy atom. The van der Waals surface area contributed by atoms with Gasteiger partial charge in [0.05, 0.1) is 13.2 Å². The minimum Gasteiger partial charge on any atom is -0.477 e. The molecule has 6 fully saturated rings. The van der Waals surface area contributed by atoms with Crippen molar-refractivity contribution in [3.8, 4) is 0 Å². The molecule has 2 bridgehead atoms. The van der Waals surface area contributed by atoms with Crippen LogP contribution in [0.15, 0.2) is 28.5 Å². The second-order valence-corrected chi connectivity index (χ2v) is 17.3. The first kappa shape index (κ1) is 43.6. The summed E-state index contributed by atoms with van der Waals surface area (Å²) in [6.45, 7) is 10.9. The van der Waals surface area contributed by atoms with Crippen molar-refractivity contribution < 1.29 is 74.7 Å². The van der Waals surface area contributed by atoms with Crippen LogP contribution in [-0.2, 0) is 43.2 Å². The highest BCUT2D eigenvalue weighted by atomic mass is 19.4. The molecule has 0 radical (unpaired) electrons. The van der Waals surface area contributed by atoms with Crippen LogP contribution < -0.4 is 0 Å². The third-order valence-electron chi connectivity index (χ3n) is 13.6. The predicted molar refractivity (Wildman–Crippen MR) is 187 cm³/mol. The maximum absolute atomic E-state index is 15.1. The Morgan fingerprint density at radius 3 is 2.23 bits per heavy atom. The Kier molecular flexibility index (Phi) is 12.1. The molecule has 7 rings (SSSR count). The average molecular weight is 814 g/mol. The molecule has 5 heterocycles. The smallest absolute Gasteiger partial charge is 0.449 e. The van der Waals surface area contributed by atoms with Crippen LogP contribution in [0.3, 0.4) is 0 Å². The van der Waals surface area contributed by atoms with E-state index in [4.69, 9.17) is 43.2 Å². The molecule has 1 N–H and O–H groups in total. The van der Waals surface area contributed by atoms with Crippen LogP contribution in [0, 0.1) is 41.4 Å². The van der Waals surface area contributed by atoms with E-state index in [1.807, 2.05) is 6.92 Å². The first-order chi connectivity index (χ1) is 26.0. The zero-order valence-corrected chi connectivity index (χ0v) is 33.4. The Labute approximate surface area is 324 Å². The predicted octanol–water partition coefficient (Wildman–Crippen LogP) is 8.47. The normalized spacial score (nSPS) is 42.3. The van der Waals surface area contributed by atoms with Crippen molar-refractivity contribution in [2.75, 3.05) is 26.9 Å². The molecule has 56 heavy (non-hydrogen) atoms. The van der Waals surface area contributed by atoms with E-state index in [0.717, 1.165) is 7.11 Å². The summed E-state index contributed by atoms with van der Waals surface area (Å²) in [5.41, 5.74) is -5.53. The minimum absolute atomic E-state index is 0.0769. The van der Waals surface area contributed by atoms with E-state index < -0.39 is 77.3 Å². The molecule has 13 atom stereocenters. The van der Waals surface area contributed by atoms with Gasteiger partial charge in [-0.25, -0.2) is 24.5 Å². The number of hydrogen-bond acceptors (Lipinski definition) is 11. The van der Waals surface area contributed by atoms with Gasteiger partial charge in [0.15, 0.2) is 17.3 Å². The number of aliphatic hydroxyl groups is 1. The highest BCUT2D eigenvalue weighted by molar-refractivity contribution is 5.73. The van der Waals surface area contributed by atoms with Crippen molar-refractivity contribution in [1.82, 2.24) is 0 Å². The number of methoxy groups -OCH3 is 1. The Bertz CT molecular complexity index is 1520. The highest BCUT2D eigenvalue weighted by Gasteiger charge is 2.70. The fourth-order valence-corrected chi connectivity index (χ4v) is 10.6. The number of rotatable bonds is 10.